The van der Waals surface area contributed by atoms with Gasteiger partial charge in [0.15, 0.2) is 0 Å². The number of nitrogens with zero attached hydrogens (tertiary/aromatic N) is 1. The van der Waals surface area contributed by atoms with Gasteiger partial charge in [0.1, 0.15) is 13.2 Å². The summed E-state index contributed by atoms with van der Waals surface area (Å²) in [6, 6.07) is -0.898. The van der Waals surface area contributed by atoms with Crippen molar-refractivity contribution in [3.05, 3.63) is 122 Å². The van der Waals surface area contributed by atoms with Crippen molar-refractivity contribution in [1.82, 2.24) is 5.32 Å². The highest BCUT2D eigenvalue weighted by Crippen LogP contribution is 2.43. The van der Waals surface area contributed by atoms with E-state index in [9.17, 15) is 19.4 Å². The Morgan fingerprint density at radius 1 is 0.443 bits per heavy atom. The van der Waals surface area contributed by atoms with Gasteiger partial charge in [0.05, 0.1) is 39.9 Å². The van der Waals surface area contributed by atoms with Crippen LogP contribution in [-0.2, 0) is 18.4 Å². The summed E-state index contributed by atoms with van der Waals surface area (Å²) >= 11 is 0. The molecule has 454 valence electrons. The highest BCUT2D eigenvalue weighted by atomic mass is 31.2. The predicted octanol–water partition coefficient (Wildman–Crippen LogP) is 20.5. The summed E-state index contributed by atoms with van der Waals surface area (Å²) in [6.45, 7) is 4.66. The van der Waals surface area contributed by atoms with Crippen LogP contribution in [0.3, 0.4) is 0 Å². The van der Waals surface area contributed by atoms with Gasteiger partial charge in [0, 0.05) is 6.42 Å². The molecule has 1 amide bonds. The number of likely N-dealkylation sites (N-methyl/N-ethyl adjacent to an activating group) is 1. The SMILES string of the molecule is CC/C=C\C/C=C\C/C=C\C/C=C\C/C=C\C/C=C\C/C=C\C/C=C\CCCCC(=O)NC(COP(=O)(O)OCC[N+](C)(C)C)C(O)/C=C/CC/C=C/CCCCCCCCCCCCCCCCCCCCCCCCCC. The average molecular weight is 1120 g/mol. The zero-order valence-corrected chi connectivity index (χ0v) is 52.7. The van der Waals surface area contributed by atoms with Crippen molar-refractivity contribution in [3.8, 4) is 0 Å². The smallest absolute Gasteiger partial charge is 0.387 e. The average Bonchev–Trinajstić information content (AvgIpc) is 3.42. The monoisotopic (exact) mass is 1120 g/mol. The second-order valence-corrected chi connectivity index (χ2v) is 24.2. The van der Waals surface area contributed by atoms with E-state index in [-0.39, 0.29) is 25.5 Å². The topological polar surface area (TPSA) is 105 Å². The van der Waals surface area contributed by atoms with Crippen molar-refractivity contribution in [2.24, 2.45) is 0 Å². The zero-order chi connectivity index (χ0) is 57.7. The van der Waals surface area contributed by atoms with Crippen LogP contribution in [0.15, 0.2) is 122 Å². The lowest BCUT2D eigenvalue weighted by atomic mass is 10.0. The summed E-state index contributed by atoms with van der Waals surface area (Å²) in [6.07, 6.45) is 89.1. The molecule has 0 aromatic rings. The molecule has 0 saturated heterocycles. The molecule has 0 saturated carbocycles. The number of allylic oxidation sites excluding steroid dienone is 19. The van der Waals surface area contributed by atoms with Gasteiger partial charge in [-0.2, -0.15) is 0 Å². The van der Waals surface area contributed by atoms with Crippen LogP contribution in [-0.4, -0.2) is 73.4 Å². The van der Waals surface area contributed by atoms with E-state index in [1.165, 1.54) is 154 Å². The quantitative estimate of drug-likeness (QED) is 0.0243. The van der Waals surface area contributed by atoms with Crippen LogP contribution in [0.5, 0.6) is 0 Å². The van der Waals surface area contributed by atoms with Gasteiger partial charge in [-0.1, -0.05) is 283 Å². The molecule has 0 aliphatic carbocycles. The Labute approximate surface area is 488 Å². The highest BCUT2D eigenvalue weighted by molar-refractivity contribution is 7.47. The summed E-state index contributed by atoms with van der Waals surface area (Å²) in [7, 11) is 1.51. The van der Waals surface area contributed by atoms with Gasteiger partial charge in [-0.05, 0) is 96.3 Å². The molecule has 0 aliphatic rings. The summed E-state index contributed by atoms with van der Waals surface area (Å²) in [5, 5.41) is 13.9. The van der Waals surface area contributed by atoms with Crippen molar-refractivity contribution in [2.75, 3.05) is 40.9 Å². The van der Waals surface area contributed by atoms with Gasteiger partial charge in [-0.25, -0.2) is 4.57 Å². The van der Waals surface area contributed by atoms with Crippen LogP contribution in [0.2, 0.25) is 0 Å². The van der Waals surface area contributed by atoms with E-state index < -0.39 is 20.0 Å². The Kier molecular flexibility index (Phi) is 57.2. The maximum Gasteiger partial charge on any atom is 0.472 e. The van der Waals surface area contributed by atoms with E-state index in [1.54, 1.807) is 6.08 Å². The number of hydrogen-bond acceptors (Lipinski definition) is 5. The molecule has 0 spiro atoms. The fourth-order valence-electron chi connectivity index (χ4n) is 8.90. The lowest BCUT2D eigenvalue weighted by Gasteiger charge is -2.25. The van der Waals surface area contributed by atoms with Gasteiger partial charge < -0.3 is 19.8 Å². The lowest BCUT2D eigenvalue weighted by molar-refractivity contribution is -0.870. The minimum Gasteiger partial charge on any atom is -0.387 e. The number of carbonyl (C=O) groups excluding carboxylic acids is 1. The lowest BCUT2D eigenvalue weighted by Crippen LogP contribution is -2.45. The van der Waals surface area contributed by atoms with E-state index in [0.29, 0.717) is 17.4 Å². The number of phosphoric ester groups is 1. The molecule has 0 aromatic carbocycles. The normalized spacial score (nSPS) is 14.6. The number of unbranched alkanes of at least 4 members (excludes halogenated alkanes) is 27. The molecule has 9 heteroatoms. The van der Waals surface area contributed by atoms with Crippen LogP contribution in [0.4, 0.5) is 0 Å². The van der Waals surface area contributed by atoms with Crippen LogP contribution >= 0.6 is 7.82 Å². The Bertz CT molecular complexity index is 1700. The van der Waals surface area contributed by atoms with Crippen molar-refractivity contribution >= 4 is 13.7 Å². The molecule has 0 radical (unpaired) electrons. The second kappa shape index (κ2) is 59.5. The largest absolute Gasteiger partial charge is 0.472 e. The van der Waals surface area contributed by atoms with Crippen molar-refractivity contribution < 1.29 is 32.9 Å². The number of phosphoric acid groups is 1. The number of carbonyl (C=O) groups is 1. The fraction of sp³-hybridized carbons (Fsp3) is 0.700. The molecule has 0 aromatic heterocycles. The van der Waals surface area contributed by atoms with Crippen molar-refractivity contribution in [3.63, 3.8) is 0 Å². The van der Waals surface area contributed by atoms with Gasteiger partial charge >= 0.3 is 7.82 Å². The first-order chi connectivity index (χ1) is 38.5. The summed E-state index contributed by atoms with van der Waals surface area (Å²) in [4.78, 5) is 23.3. The summed E-state index contributed by atoms with van der Waals surface area (Å²) < 4.78 is 23.7. The summed E-state index contributed by atoms with van der Waals surface area (Å²) in [5.41, 5.74) is 0. The van der Waals surface area contributed by atoms with E-state index in [1.807, 2.05) is 27.2 Å². The standard InChI is InChI=1S/C70H123N2O6P/c1-6-8-10-12-14-16-18-20-22-24-26-28-30-32-34-35-36-38-39-41-43-45-47-49-51-53-55-57-59-61-63-69(73)68(67-78-79(75,76)77-66-65-72(3,4)5)71-70(74)64-62-60-58-56-54-52-50-48-46-44-42-40-37-33-31-29-27-25-23-21-19-17-15-13-11-9-7-2/h9,11,15,17,21,23,27,29,33,37,42,44,48,50,53-56,61,63,68-69,73H,6-8,10,12-14,16,18-20,22,24-26,28,30-32,34-36,38-41,43,45-47,49,51-52,57-60,62,64-67H2,1-5H3,(H-,71,74,75,76)/p+1/b11-9-,17-15-,23-21-,29-27-,37-33-,44-42-,50-48-,55-53+,56-54-,63-61+. The van der Waals surface area contributed by atoms with Crippen molar-refractivity contribution in [1.29, 1.82) is 0 Å². The first kappa shape index (κ1) is 75.9. The van der Waals surface area contributed by atoms with E-state index in [2.05, 4.69) is 129 Å². The zero-order valence-electron chi connectivity index (χ0n) is 51.8. The van der Waals surface area contributed by atoms with E-state index >= 15 is 0 Å². The molecule has 0 bridgehead atoms. The molecular weight excluding hydrogens is 996 g/mol. The Morgan fingerprint density at radius 3 is 1.16 bits per heavy atom. The maximum absolute atomic E-state index is 13.0. The third kappa shape index (κ3) is 62.4. The molecule has 0 fully saturated rings. The number of aliphatic hydroxyl groups is 1. The van der Waals surface area contributed by atoms with Crippen LogP contribution in [0, 0.1) is 0 Å². The van der Waals surface area contributed by atoms with Crippen LogP contribution in [0.25, 0.3) is 0 Å². The molecule has 3 N–H and O–H groups in total. The number of hydrogen-bond donors (Lipinski definition) is 3. The predicted molar refractivity (Wildman–Crippen MR) is 345 cm³/mol. The minimum absolute atomic E-state index is 0.0407. The third-order valence-corrected chi connectivity index (χ3v) is 14.9. The fourth-order valence-corrected chi connectivity index (χ4v) is 9.63. The van der Waals surface area contributed by atoms with Crippen LogP contribution < -0.4 is 5.32 Å². The number of nitrogens with one attached hydrogen (secondary N) is 1. The van der Waals surface area contributed by atoms with Gasteiger partial charge in [-0.3, -0.25) is 13.8 Å². The maximum atomic E-state index is 13.0. The van der Waals surface area contributed by atoms with E-state index in [4.69, 9.17) is 9.05 Å². The molecule has 8 nitrogen and oxygen atoms in total. The Balaban J connectivity index is 4.29. The molecule has 0 aliphatic heterocycles. The Hall–Kier alpha value is -3.10. The van der Waals surface area contributed by atoms with E-state index in [0.717, 1.165) is 83.5 Å². The summed E-state index contributed by atoms with van der Waals surface area (Å²) in [5.74, 6) is -0.232. The first-order valence-electron chi connectivity index (χ1n) is 32.4. The highest BCUT2D eigenvalue weighted by Gasteiger charge is 2.27. The molecular formula is C70H124N2O6P+. The molecule has 79 heavy (non-hydrogen) atoms. The number of amides is 1. The second-order valence-electron chi connectivity index (χ2n) is 22.7. The number of quaternary nitrogens is 1. The third-order valence-electron chi connectivity index (χ3n) is 13.9. The first-order valence-corrected chi connectivity index (χ1v) is 33.9. The Morgan fingerprint density at radius 2 is 0.772 bits per heavy atom. The molecule has 0 heterocycles. The van der Waals surface area contributed by atoms with Gasteiger partial charge in [-0.15, -0.1) is 0 Å². The number of rotatable bonds is 58. The minimum atomic E-state index is -4.38. The van der Waals surface area contributed by atoms with Crippen molar-refractivity contribution in [2.45, 2.75) is 276 Å². The van der Waals surface area contributed by atoms with Crippen LogP contribution in [0.1, 0.15) is 264 Å². The van der Waals surface area contributed by atoms with Gasteiger partial charge in [0.25, 0.3) is 0 Å². The molecule has 3 atom stereocenters. The molecule has 0 rings (SSSR count). The van der Waals surface area contributed by atoms with Gasteiger partial charge in [0.2, 0.25) is 5.91 Å². The molecule has 3 unspecified atom stereocenters. The number of aliphatic hydroxyl groups excluding tert-OH is 1.